The second-order valence-corrected chi connectivity index (χ2v) is 10.7. The molecule has 2 unspecified atom stereocenters. The van der Waals surface area contributed by atoms with E-state index in [-0.39, 0.29) is 30.3 Å². The Balaban J connectivity index is 1.40. The molecule has 7 nitrogen and oxygen atoms in total. The van der Waals surface area contributed by atoms with Crippen LogP contribution in [0, 0.1) is 0 Å². The SMILES string of the molecule is CC(SC(COCc1ccccc1C(F)(F)F)C(N)=O)n1cnc2ccc(OC3CCN(C)CC3)cc21. The standard InChI is InChI=1S/C26H31F3N4O3S/c1-17(37-24(25(30)34)15-35-14-18-5-3-4-6-21(18)26(27,28)29)33-16-31-22-8-7-20(13-23(22)33)36-19-9-11-32(2)12-10-19/h3-8,13,16-17,19,24H,9-12,14-15H2,1-2H3,(H2,30,34). The molecule has 2 N–H and O–H groups in total. The number of alkyl halides is 3. The van der Waals surface area contributed by atoms with Crippen LogP contribution < -0.4 is 10.5 Å². The van der Waals surface area contributed by atoms with Crippen molar-refractivity contribution in [1.29, 1.82) is 0 Å². The number of carbonyl (C=O) groups excluding carboxylic acids is 1. The minimum absolute atomic E-state index is 0.00835. The molecule has 1 aliphatic heterocycles. The van der Waals surface area contributed by atoms with Gasteiger partial charge in [0.1, 0.15) is 17.1 Å². The van der Waals surface area contributed by atoms with Crippen LogP contribution >= 0.6 is 11.8 Å². The summed E-state index contributed by atoms with van der Waals surface area (Å²) in [6, 6.07) is 11.0. The molecule has 0 saturated carbocycles. The number of nitrogens with zero attached hydrogens (tertiary/aromatic N) is 3. The first kappa shape index (κ1) is 27.3. The van der Waals surface area contributed by atoms with E-state index in [0.29, 0.717) is 0 Å². The number of nitrogens with two attached hydrogens (primary N) is 1. The molecule has 1 aliphatic rings. The van der Waals surface area contributed by atoms with Gasteiger partial charge in [0.15, 0.2) is 0 Å². The van der Waals surface area contributed by atoms with Gasteiger partial charge in [-0.2, -0.15) is 13.2 Å². The molecule has 200 valence electrons. The van der Waals surface area contributed by atoms with Gasteiger partial charge in [-0.1, -0.05) is 18.2 Å². The van der Waals surface area contributed by atoms with Gasteiger partial charge in [0, 0.05) is 19.2 Å². The Hall–Kier alpha value is -2.76. The van der Waals surface area contributed by atoms with Gasteiger partial charge in [0.05, 0.1) is 41.5 Å². The fourth-order valence-corrected chi connectivity index (χ4v) is 5.44. The number of benzene rings is 2. The van der Waals surface area contributed by atoms with Gasteiger partial charge >= 0.3 is 6.18 Å². The van der Waals surface area contributed by atoms with Gasteiger partial charge < -0.3 is 24.7 Å². The number of thioether (sulfide) groups is 1. The number of primary amides is 1. The zero-order chi connectivity index (χ0) is 26.6. The van der Waals surface area contributed by atoms with Crippen LogP contribution in [0.2, 0.25) is 0 Å². The number of ether oxygens (including phenoxy) is 2. The number of carbonyl (C=O) groups is 1. The minimum Gasteiger partial charge on any atom is -0.490 e. The van der Waals surface area contributed by atoms with Crippen LogP contribution in [0.4, 0.5) is 13.2 Å². The van der Waals surface area contributed by atoms with Crippen LogP contribution in [-0.2, 0) is 22.3 Å². The number of rotatable bonds is 10. The van der Waals surface area contributed by atoms with E-state index < -0.39 is 22.9 Å². The number of hydrogen-bond donors (Lipinski definition) is 1. The molecule has 0 bridgehead atoms. The molecule has 4 rings (SSSR count). The smallest absolute Gasteiger partial charge is 0.416 e. The molecular weight excluding hydrogens is 505 g/mol. The molecule has 0 aliphatic carbocycles. The largest absolute Gasteiger partial charge is 0.490 e. The Morgan fingerprint density at radius 2 is 1.95 bits per heavy atom. The van der Waals surface area contributed by atoms with E-state index >= 15 is 0 Å². The van der Waals surface area contributed by atoms with Gasteiger partial charge in [-0.25, -0.2) is 4.98 Å². The zero-order valence-electron chi connectivity index (χ0n) is 20.8. The summed E-state index contributed by atoms with van der Waals surface area (Å²) in [5.74, 6) is 0.163. The van der Waals surface area contributed by atoms with Crippen LogP contribution in [0.3, 0.4) is 0 Å². The number of fused-ring (bicyclic) bond motifs is 1. The topological polar surface area (TPSA) is 82.6 Å². The van der Waals surface area contributed by atoms with Crippen molar-refractivity contribution in [2.24, 2.45) is 5.73 Å². The van der Waals surface area contributed by atoms with Crippen molar-refractivity contribution in [2.45, 2.75) is 49.3 Å². The summed E-state index contributed by atoms with van der Waals surface area (Å²) in [6.07, 6.45) is -0.692. The van der Waals surface area contributed by atoms with E-state index in [0.717, 1.165) is 48.8 Å². The van der Waals surface area contributed by atoms with Crippen LogP contribution in [-0.4, -0.2) is 58.5 Å². The molecule has 1 saturated heterocycles. The van der Waals surface area contributed by atoms with Crippen molar-refractivity contribution in [2.75, 3.05) is 26.7 Å². The third kappa shape index (κ3) is 6.97. The maximum Gasteiger partial charge on any atom is 0.416 e. The first-order valence-corrected chi connectivity index (χ1v) is 13.1. The fraction of sp³-hybridized carbons (Fsp3) is 0.462. The summed E-state index contributed by atoms with van der Waals surface area (Å²) in [4.78, 5) is 18.9. The number of likely N-dealkylation sites (tertiary alicyclic amines) is 1. The molecule has 0 radical (unpaired) electrons. The molecule has 3 aromatic rings. The fourth-order valence-electron chi connectivity index (χ4n) is 4.35. The Morgan fingerprint density at radius 3 is 2.65 bits per heavy atom. The monoisotopic (exact) mass is 536 g/mol. The summed E-state index contributed by atoms with van der Waals surface area (Å²) in [5.41, 5.74) is 6.50. The second kappa shape index (κ2) is 11.7. The van der Waals surface area contributed by atoms with E-state index in [1.807, 2.05) is 29.7 Å². The summed E-state index contributed by atoms with van der Waals surface area (Å²) >= 11 is 1.27. The van der Waals surface area contributed by atoms with Crippen molar-refractivity contribution in [1.82, 2.24) is 14.5 Å². The molecule has 2 heterocycles. The summed E-state index contributed by atoms with van der Waals surface area (Å²) in [5, 5.41) is -1.00. The lowest BCUT2D eigenvalue weighted by Crippen LogP contribution is -2.35. The number of hydrogen-bond acceptors (Lipinski definition) is 6. The number of amides is 1. The highest BCUT2D eigenvalue weighted by Gasteiger charge is 2.33. The van der Waals surface area contributed by atoms with Crippen LogP contribution in [0.5, 0.6) is 5.75 Å². The lowest BCUT2D eigenvalue weighted by Gasteiger charge is -2.29. The summed E-state index contributed by atoms with van der Waals surface area (Å²) < 4.78 is 53.4. The average molecular weight is 537 g/mol. The number of piperidine rings is 1. The van der Waals surface area contributed by atoms with E-state index in [1.54, 1.807) is 6.33 Å². The lowest BCUT2D eigenvalue weighted by molar-refractivity contribution is -0.139. The van der Waals surface area contributed by atoms with Gasteiger partial charge in [-0.15, -0.1) is 11.8 Å². The second-order valence-electron chi connectivity index (χ2n) is 9.22. The van der Waals surface area contributed by atoms with Gasteiger partial charge in [-0.05, 0) is 50.6 Å². The van der Waals surface area contributed by atoms with Crippen molar-refractivity contribution in [3.05, 3.63) is 59.9 Å². The maximum atomic E-state index is 13.2. The third-order valence-corrected chi connectivity index (χ3v) is 7.75. The molecule has 11 heteroatoms. The number of aromatic nitrogens is 2. The Kier molecular flexibility index (Phi) is 8.66. The van der Waals surface area contributed by atoms with E-state index in [1.165, 1.54) is 30.0 Å². The quantitative estimate of drug-likeness (QED) is 0.399. The Bertz CT molecular complexity index is 1210. The van der Waals surface area contributed by atoms with Crippen molar-refractivity contribution < 1.29 is 27.4 Å². The van der Waals surface area contributed by atoms with Crippen LogP contribution in [0.15, 0.2) is 48.8 Å². The molecule has 37 heavy (non-hydrogen) atoms. The van der Waals surface area contributed by atoms with Gasteiger partial charge in [0.25, 0.3) is 0 Å². The Labute approximate surface area is 218 Å². The minimum atomic E-state index is -4.48. The lowest BCUT2D eigenvalue weighted by atomic mass is 10.1. The molecule has 2 atom stereocenters. The number of imidazole rings is 1. The highest BCUT2D eigenvalue weighted by Crippen LogP contribution is 2.34. The normalized spacial score (nSPS) is 17.1. The predicted molar refractivity (Wildman–Crippen MR) is 137 cm³/mol. The molecule has 0 spiro atoms. The first-order chi connectivity index (χ1) is 17.6. The molecule has 2 aromatic carbocycles. The molecule has 1 fully saturated rings. The van der Waals surface area contributed by atoms with Crippen molar-refractivity contribution in [3.8, 4) is 5.75 Å². The van der Waals surface area contributed by atoms with E-state index in [9.17, 15) is 18.0 Å². The highest BCUT2D eigenvalue weighted by molar-refractivity contribution is 8.00. The highest BCUT2D eigenvalue weighted by atomic mass is 32.2. The zero-order valence-corrected chi connectivity index (χ0v) is 21.6. The molecule has 1 amide bonds. The van der Waals surface area contributed by atoms with Crippen molar-refractivity contribution in [3.63, 3.8) is 0 Å². The summed E-state index contributed by atoms with van der Waals surface area (Å²) in [6.45, 7) is 3.51. The Morgan fingerprint density at radius 1 is 1.22 bits per heavy atom. The number of halogens is 3. The third-order valence-electron chi connectivity index (χ3n) is 6.43. The van der Waals surface area contributed by atoms with E-state index in [4.69, 9.17) is 15.2 Å². The predicted octanol–water partition coefficient (Wildman–Crippen LogP) is 4.85. The average Bonchev–Trinajstić information content (AvgIpc) is 3.28. The van der Waals surface area contributed by atoms with Gasteiger partial charge in [-0.3, -0.25) is 4.79 Å². The van der Waals surface area contributed by atoms with E-state index in [2.05, 4.69) is 16.9 Å². The van der Waals surface area contributed by atoms with Crippen LogP contribution in [0.25, 0.3) is 11.0 Å². The van der Waals surface area contributed by atoms with Gasteiger partial charge in [0.2, 0.25) is 5.91 Å². The first-order valence-electron chi connectivity index (χ1n) is 12.1. The molecule has 1 aromatic heterocycles. The van der Waals surface area contributed by atoms with Crippen LogP contribution in [0.1, 0.15) is 36.3 Å². The summed E-state index contributed by atoms with van der Waals surface area (Å²) in [7, 11) is 2.10. The molecular formula is C26H31F3N4O3S. The maximum absolute atomic E-state index is 13.2. The van der Waals surface area contributed by atoms with Crippen molar-refractivity contribution >= 4 is 28.7 Å².